The van der Waals surface area contributed by atoms with Gasteiger partial charge in [0.25, 0.3) is 0 Å². The first-order valence-corrected chi connectivity index (χ1v) is 10.8. The number of nitrogens with one attached hydrogen (secondary N) is 1. The SMILES string of the molecule is CC1(C)CNCCN1C=O.Cc1cn2nc(-c3ccc(F)cc3)cc(C3(C)CC3)c2n1. The molecule has 1 aliphatic heterocycles. The number of imidazole rings is 1. The summed E-state index contributed by atoms with van der Waals surface area (Å²) in [5, 5.41) is 7.87. The van der Waals surface area contributed by atoms with Gasteiger partial charge in [0.05, 0.1) is 17.6 Å². The van der Waals surface area contributed by atoms with E-state index in [4.69, 9.17) is 0 Å². The molecule has 3 aromatic rings. The number of halogens is 1. The minimum absolute atomic E-state index is 0. The Labute approximate surface area is 182 Å². The van der Waals surface area contributed by atoms with Crippen LogP contribution >= 0.6 is 0 Å². The summed E-state index contributed by atoms with van der Waals surface area (Å²) >= 11 is 0. The van der Waals surface area contributed by atoms with Crippen molar-refractivity contribution in [1.29, 1.82) is 0 Å². The van der Waals surface area contributed by atoms with E-state index in [9.17, 15) is 9.18 Å². The second kappa shape index (κ2) is 8.04. The van der Waals surface area contributed by atoms with Gasteiger partial charge in [-0.05, 0) is 69.4 Å². The van der Waals surface area contributed by atoms with Crippen LogP contribution in [0.4, 0.5) is 4.39 Å². The zero-order chi connectivity index (χ0) is 22.2. The molecule has 1 saturated carbocycles. The zero-order valence-electron chi connectivity index (χ0n) is 18.7. The Balaban J connectivity index is 0.000000196. The lowest BCUT2D eigenvalue weighted by molar-refractivity contribution is -0.123. The number of carbonyl (C=O) groups is 1. The smallest absolute Gasteiger partial charge is 0.210 e. The number of piperazine rings is 1. The minimum Gasteiger partial charge on any atom is -0.338 e. The van der Waals surface area contributed by atoms with Crippen molar-refractivity contribution in [2.24, 2.45) is 0 Å². The lowest BCUT2D eigenvalue weighted by Crippen LogP contribution is -2.57. The summed E-state index contributed by atoms with van der Waals surface area (Å²) in [6.07, 6.45) is 5.24. The van der Waals surface area contributed by atoms with E-state index in [1.54, 1.807) is 12.1 Å². The predicted octanol–water partition coefficient (Wildman–Crippen LogP) is 3.72. The van der Waals surface area contributed by atoms with Gasteiger partial charge in [0.15, 0.2) is 5.65 Å². The highest BCUT2D eigenvalue weighted by Gasteiger charge is 2.41. The number of aryl methyl sites for hydroxylation is 1. The average molecular weight is 424 g/mol. The number of aromatic nitrogens is 3. The molecule has 0 spiro atoms. The molecule has 3 heterocycles. The van der Waals surface area contributed by atoms with Gasteiger partial charge in [-0.3, -0.25) is 4.79 Å². The highest BCUT2D eigenvalue weighted by Crippen LogP contribution is 2.49. The molecule has 2 fully saturated rings. The largest absolute Gasteiger partial charge is 0.338 e. The van der Waals surface area contributed by atoms with Gasteiger partial charge in [-0.15, -0.1) is 0 Å². The van der Waals surface area contributed by atoms with Gasteiger partial charge in [0, 0.05) is 36.3 Å². The maximum absolute atomic E-state index is 13.1. The van der Waals surface area contributed by atoms with Crippen LogP contribution in [0.15, 0.2) is 36.5 Å². The number of carbonyl (C=O) groups excluding carboxylic acids is 1. The van der Waals surface area contributed by atoms with Crippen molar-refractivity contribution in [1.82, 2.24) is 24.8 Å². The molecular formula is C24H30FN5O. The Kier molecular flexibility index (Phi) is 5.56. The molecule has 1 saturated heterocycles. The van der Waals surface area contributed by atoms with Gasteiger partial charge in [-0.2, -0.15) is 5.10 Å². The van der Waals surface area contributed by atoms with Gasteiger partial charge in [0.1, 0.15) is 5.82 Å². The van der Waals surface area contributed by atoms with Crippen molar-refractivity contribution >= 4 is 12.1 Å². The standard InChI is InChI=1S/C17H16FN3.C7H14N2O/c1-11-10-21-16(19-11)14(17(2)7-8-17)9-15(20-21)12-3-5-13(18)6-4-12;1-7(2)5-8-3-4-9(7)6-10/h3-6,9-10H,7-8H2,1-2H3;6,8H,3-5H2,1-2H3. The fourth-order valence-corrected chi connectivity index (χ4v) is 3.95. The molecule has 1 amide bonds. The van der Waals surface area contributed by atoms with E-state index >= 15 is 0 Å². The Bertz CT molecular complexity index is 1090. The Hall–Kier alpha value is -2.80. The van der Waals surface area contributed by atoms with Gasteiger partial charge in [0.2, 0.25) is 6.41 Å². The highest BCUT2D eigenvalue weighted by atomic mass is 19.1. The second-order valence-corrected chi connectivity index (χ2v) is 9.45. The highest BCUT2D eigenvalue weighted by molar-refractivity contribution is 5.65. The normalized spacial score (nSPS) is 18.9. The number of amides is 1. The van der Waals surface area contributed by atoms with E-state index in [1.165, 1.54) is 30.5 Å². The number of fused-ring (bicyclic) bond motifs is 1. The third-order valence-electron chi connectivity index (χ3n) is 6.33. The topological polar surface area (TPSA) is 62.5 Å². The quantitative estimate of drug-likeness (QED) is 0.652. The summed E-state index contributed by atoms with van der Waals surface area (Å²) in [4.78, 5) is 16.9. The van der Waals surface area contributed by atoms with Crippen LogP contribution in [0.3, 0.4) is 0 Å². The average Bonchev–Trinajstić information content (AvgIpc) is 3.36. The lowest BCUT2D eigenvalue weighted by Gasteiger charge is -2.40. The van der Waals surface area contributed by atoms with Crippen molar-refractivity contribution in [3.05, 3.63) is 53.6 Å². The first kappa shape index (κ1) is 21.4. The molecule has 2 aliphatic rings. The minimum atomic E-state index is -0.229. The summed E-state index contributed by atoms with van der Waals surface area (Å²) in [6.45, 7) is 11.0. The molecule has 1 aromatic carbocycles. The Morgan fingerprint density at radius 2 is 1.87 bits per heavy atom. The fourth-order valence-electron chi connectivity index (χ4n) is 3.95. The van der Waals surface area contributed by atoms with Crippen molar-refractivity contribution in [3.8, 4) is 11.3 Å². The summed E-state index contributed by atoms with van der Waals surface area (Å²) in [7, 11) is 0. The number of benzene rings is 1. The van der Waals surface area contributed by atoms with Crippen LogP contribution in [0.25, 0.3) is 16.9 Å². The van der Waals surface area contributed by atoms with E-state index < -0.39 is 0 Å². The molecule has 2 aromatic heterocycles. The molecule has 5 rings (SSSR count). The maximum atomic E-state index is 13.1. The Morgan fingerprint density at radius 3 is 2.45 bits per heavy atom. The van der Waals surface area contributed by atoms with Gasteiger partial charge in [-0.25, -0.2) is 13.9 Å². The second-order valence-electron chi connectivity index (χ2n) is 9.45. The third kappa shape index (κ3) is 4.46. The van der Waals surface area contributed by atoms with Crippen LogP contribution < -0.4 is 5.32 Å². The molecule has 0 bridgehead atoms. The van der Waals surface area contributed by atoms with E-state index in [0.29, 0.717) is 0 Å². The molecule has 0 unspecified atom stereocenters. The Morgan fingerprint density at radius 1 is 1.16 bits per heavy atom. The number of hydrogen-bond acceptors (Lipinski definition) is 4. The van der Waals surface area contributed by atoms with Crippen molar-refractivity contribution in [2.45, 2.75) is 51.5 Å². The summed E-state index contributed by atoms with van der Waals surface area (Å²) in [5.74, 6) is -0.229. The van der Waals surface area contributed by atoms with Gasteiger partial charge >= 0.3 is 0 Å². The van der Waals surface area contributed by atoms with E-state index in [1.807, 2.05) is 22.5 Å². The summed E-state index contributed by atoms with van der Waals surface area (Å²) < 4.78 is 15.0. The molecule has 0 atom stereocenters. The molecule has 1 aliphatic carbocycles. The van der Waals surface area contributed by atoms with Crippen molar-refractivity contribution < 1.29 is 9.18 Å². The van der Waals surface area contributed by atoms with Crippen LogP contribution in [0.5, 0.6) is 0 Å². The molecule has 31 heavy (non-hydrogen) atoms. The molecule has 1 N–H and O–H groups in total. The number of hydrogen-bond donors (Lipinski definition) is 1. The van der Waals surface area contributed by atoms with Crippen LogP contribution in [0.1, 0.15) is 44.9 Å². The fraction of sp³-hybridized carbons (Fsp3) is 0.458. The molecule has 6 nitrogen and oxygen atoms in total. The van der Waals surface area contributed by atoms with E-state index in [-0.39, 0.29) is 16.8 Å². The summed E-state index contributed by atoms with van der Waals surface area (Å²) in [5.41, 5.74) is 5.14. The van der Waals surface area contributed by atoms with Gasteiger partial charge in [-0.1, -0.05) is 6.92 Å². The van der Waals surface area contributed by atoms with E-state index in [2.05, 4.69) is 42.2 Å². The first-order valence-electron chi connectivity index (χ1n) is 10.8. The molecule has 0 radical (unpaired) electrons. The van der Waals surface area contributed by atoms with Crippen molar-refractivity contribution in [3.63, 3.8) is 0 Å². The van der Waals surface area contributed by atoms with E-state index in [0.717, 1.165) is 48.6 Å². The van der Waals surface area contributed by atoms with Crippen molar-refractivity contribution in [2.75, 3.05) is 19.6 Å². The zero-order valence-corrected chi connectivity index (χ0v) is 18.7. The number of rotatable bonds is 3. The lowest BCUT2D eigenvalue weighted by atomic mass is 9.98. The first-order chi connectivity index (χ1) is 14.7. The van der Waals surface area contributed by atoms with Crippen LogP contribution in [-0.2, 0) is 10.2 Å². The van der Waals surface area contributed by atoms with Gasteiger partial charge < -0.3 is 10.2 Å². The van der Waals surface area contributed by atoms with Crippen LogP contribution in [0.2, 0.25) is 0 Å². The monoisotopic (exact) mass is 423 g/mol. The number of nitrogens with zero attached hydrogens (tertiary/aromatic N) is 4. The third-order valence-corrected chi connectivity index (χ3v) is 6.33. The van der Waals surface area contributed by atoms with Crippen LogP contribution in [-0.4, -0.2) is 51.1 Å². The molecule has 7 heteroatoms. The summed E-state index contributed by atoms with van der Waals surface area (Å²) in [6, 6.07) is 8.60. The van der Waals surface area contributed by atoms with Crippen LogP contribution in [0, 0.1) is 12.7 Å². The predicted molar refractivity (Wildman–Crippen MR) is 119 cm³/mol. The maximum Gasteiger partial charge on any atom is 0.210 e. The molecular weight excluding hydrogens is 393 g/mol. The molecule has 164 valence electrons.